The van der Waals surface area contributed by atoms with Crippen molar-refractivity contribution in [3.8, 4) is 0 Å². The van der Waals surface area contributed by atoms with Crippen molar-refractivity contribution in [1.82, 2.24) is 0 Å². The van der Waals surface area contributed by atoms with Crippen LogP contribution in [-0.4, -0.2) is 0 Å². The molecule has 0 amide bonds. The molecule has 0 aromatic carbocycles. The molecule has 0 nitrogen and oxygen atoms in total. The van der Waals surface area contributed by atoms with Crippen LogP contribution in [0.5, 0.6) is 0 Å². The summed E-state index contributed by atoms with van der Waals surface area (Å²) in [4.78, 5) is 0. The molecule has 0 atom stereocenters. The summed E-state index contributed by atoms with van der Waals surface area (Å²) < 4.78 is 0. The van der Waals surface area contributed by atoms with Gasteiger partial charge < -0.3 is 0 Å². The normalized spacial score (nSPS) is 19.1. The summed E-state index contributed by atoms with van der Waals surface area (Å²) in [5.74, 6) is 0. The maximum atomic E-state index is 3.14. The SMILES string of the molecule is [C]1=CCCCC=CCCC=CC=C1. The van der Waals surface area contributed by atoms with E-state index in [1.54, 1.807) is 0 Å². The average Bonchev–Trinajstić information content (AvgIpc) is 2.18. The van der Waals surface area contributed by atoms with Gasteiger partial charge in [-0.3, -0.25) is 0 Å². The molecule has 13 heavy (non-hydrogen) atoms. The summed E-state index contributed by atoms with van der Waals surface area (Å²) in [5.41, 5.74) is 0. The molecular weight excluding hydrogens is 156 g/mol. The van der Waals surface area contributed by atoms with Crippen molar-refractivity contribution in [3.63, 3.8) is 0 Å². The minimum absolute atomic E-state index is 1.14. The molecule has 1 aliphatic rings. The van der Waals surface area contributed by atoms with Gasteiger partial charge in [0, 0.05) is 0 Å². The van der Waals surface area contributed by atoms with Crippen molar-refractivity contribution < 1.29 is 0 Å². The zero-order chi connectivity index (χ0) is 9.19. The van der Waals surface area contributed by atoms with Crippen LogP contribution in [0.25, 0.3) is 0 Å². The smallest absolute Gasteiger partial charge is 0.0227 e. The molecule has 0 heterocycles. The number of hydrogen-bond donors (Lipinski definition) is 0. The Kier molecular flexibility index (Phi) is 5.87. The Hall–Kier alpha value is -1.04. The summed E-state index contributed by atoms with van der Waals surface area (Å²) in [5, 5.41) is 0. The maximum Gasteiger partial charge on any atom is -0.0227 e. The third-order valence-corrected chi connectivity index (χ3v) is 1.94. The summed E-state index contributed by atoms with van der Waals surface area (Å²) in [6.07, 6.45) is 24.0. The molecule has 0 N–H and O–H groups in total. The molecule has 0 aromatic rings. The number of hydrogen-bond acceptors (Lipinski definition) is 0. The topological polar surface area (TPSA) is 0 Å². The Bertz CT molecular complexity index is 216. The zero-order valence-electron chi connectivity index (χ0n) is 8.08. The summed E-state index contributed by atoms with van der Waals surface area (Å²) >= 11 is 0. The fourth-order valence-corrected chi connectivity index (χ4v) is 1.20. The van der Waals surface area contributed by atoms with E-state index in [0.717, 1.165) is 12.8 Å². The second-order valence-electron chi connectivity index (χ2n) is 3.14. The quantitative estimate of drug-likeness (QED) is 0.486. The van der Waals surface area contributed by atoms with E-state index in [1.807, 2.05) is 12.2 Å². The van der Waals surface area contributed by atoms with Crippen LogP contribution in [-0.2, 0) is 0 Å². The molecule has 0 aliphatic heterocycles. The van der Waals surface area contributed by atoms with E-state index >= 15 is 0 Å². The van der Waals surface area contributed by atoms with Gasteiger partial charge in [-0.1, -0.05) is 42.5 Å². The van der Waals surface area contributed by atoms with E-state index in [4.69, 9.17) is 0 Å². The van der Waals surface area contributed by atoms with Gasteiger partial charge in [-0.25, -0.2) is 0 Å². The lowest BCUT2D eigenvalue weighted by Crippen LogP contribution is -1.69. The Morgan fingerprint density at radius 1 is 0.769 bits per heavy atom. The molecule has 0 spiro atoms. The Morgan fingerprint density at radius 2 is 1.62 bits per heavy atom. The van der Waals surface area contributed by atoms with Crippen molar-refractivity contribution in [2.75, 3.05) is 0 Å². The first-order chi connectivity index (χ1) is 6.50. The van der Waals surface area contributed by atoms with Gasteiger partial charge in [0.25, 0.3) is 0 Å². The standard InChI is InChI=1S/C13H17/c1-2-4-6-8-10-12-13-11-9-7-5-3-1/h1-4,8-9,11H,5,7,10,12-13H2. The third kappa shape index (κ3) is 6.15. The minimum Gasteiger partial charge on any atom is -0.0885 e. The van der Waals surface area contributed by atoms with Gasteiger partial charge in [-0.2, -0.15) is 0 Å². The second-order valence-corrected chi connectivity index (χ2v) is 3.14. The van der Waals surface area contributed by atoms with Gasteiger partial charge in [0.05, 0.1) is 0 Å². The lowest BCUT2D eigenvalue weighted by molar-refractivity contribution is 0.861. The van der Waals surface area contributed by atoms with Crippen LogP contribution in [0.2, 0.25) is 0 Å². The van der Waals surface area contributed by atoms with Gasteiger partial charge in [0.1, 0.15) is 0 Å². The lowest BCUT2D eigenvalue weighted by atomic mass is 10.2. The molecule has 69 valence electrons. The third-order valence-electron chi connectivity index (χ3n) is 1.94. The van der Waals surface area contributed by atoms with E-state index < -0.39 is 0 Å². The predicted octanol–water partition coefficient (Wildman–Crippen LogP) is 3.98. The van der Waals surface area contributed by atoms with E-state index in [9.17, 15) is 0 Å². The van der Waals surface area contributed by atoms with Gasteiger partial charge in [0.2, 0.25) is 0 Å². The monoisotopic (exact) mass is 173 g/mol. The fraction of sp³-hybridized carbons (Fsp3) is 0.385. The molecule has 1 radical (unpaired) electrons. The predicted molar refractivity (Wildman–Crippen MR) is 58.3 cm³/mol. The number of allylic oxidation sites excluding steroid dienone is 8. The van der Waals surface area contributed by atoms with Crippen LogP contribution in [0.3, 0.4) is 0 Å². The van der Waals surface area contributed by atoms with Gasteiger partial charge in [-0.15, -0.1) is 0 Å². The molecular formula is C13H17. The molecule has 0 unspecified atom stereocenters. The van der Waals surface area contributed by atoms with Crippen molar-refractivity contribution in [2.24, 2.45) is 0 Å². The van der Waals surface area contributed by atoms with Crippen LogP contribution in [0, 0.1) is 6.08 Å². The van der Waals surface area contributed by atoms with Crippen LogP contribution in [0.4, 0.5) is 0 Å². The van der Waals surface area contributed by atoms with E-state index in [-0.39, 0.29) is 0 Å². The first kappa shape index (κ1) is 10.0. The summed E-state index contributed by atoms with van der Waals surface area (Å²) in [6.45, 7) is 0. The van der Waals surface area contributed by atoms with Crippen molar-refractivity contribution in [1.29, 1.82) is 0 Å². The van der Waals surface area contributed by atoms with E-state index in [0.29, 0.717) is 0 Å². The van der Waals surface area contributed by atoms with Crippen LogP contribution in [0.15, 0.2) is 42.5 Å². The molecule has 0 saturated carbocycles. The van der Waals surface area contributed by atoms with Crippen molar-refractivity contribution in [3.05, 3.63) is 48.6 Å². The van der Waals surface area contributed by atoms with E-state index in [1.165, 1.54) is 19.3 Å². The van der Waals surface area contributed by atoms with Gasteiger partial charge in [0.15, 0.2) is 0 Å². The van der Waals surface area contributed by atoms with Gasteiger partial charge in [-0.05, 0) is 38.2 Å². The Morgan fingerprint density at radius 3 is 2.62 bits per heavy atom. The van der Waals surface area contributed by atoms with Crippen LogP contribution >= 0.6 is 0 Å². The highest BCUT2D eigenvalue weighted by molar-refractivity contribution is 5.07. The zero-order valence-corrected chi connectivity index (χ0v) is 8.08. The van der Waals surface area contributed by atoms with E-state index in [2.05, 4.69) is 36.5 Å². The molecule has 1 rings (SSSR count). The highest BCUT2D eigenvalue weighted by Crippen LogP contribution is 2.01. The van der Waals surface area contributed by atoms with Crippen LogP contribution < -0.4 is 0 Å². The molecule has 0 heteroatoms. The Labute approximate surface area is 81.4 Å². The minimum atomic E-state index is 1.14. The molecule has 0 saturated heterocycles. The highest BCUT2D eigenvalue weighted by atomic mass is 13.9. The first-order valence-corrected chi connectivity index (χ1v) is 5.04. The first-order valence-electron chi connectivity index (χ1n) is 5.04. The molecule has 0 aromatic heterocycles. The number of rotatable bonds is 0. The molecule has 0 bridgehead atoms. The fourth-order valence-electron chi connectivity index (χ4n) is 1.20. The average molecular weight is 173 g/mol. The summed E-state index contributed by atoms with van der Waals surface area (Å²) in [7, 11) is 0. The molecule has 0 fully saturated rings. The summed E-state index contributed by atoms with van der Waals surface area (Å²) in [6, 6.07) is 0. The Balaban J connectivity index is 2.38. The van der Waals surface area contributed by atoms with Crippen LogP contribution in [0.1, 0.15) is 32.1 Å². The lowest BCUT2D eigenvalue weighted by Gasteiger charge is -1.89. The van der Waals surface area contributed by atoms with Gasteiger partial charge >= 0.3 is 0 Å². The van der Waals surface area contributed by atoms with Crippen molar-refractivity contribution in [2.45, 2.75) is 32.1 Å². The maximum absolute atomic E-state index is 3.14. The highest BCUT2D eigenvalue weighted by Gasteiger charge is 1.81. The second kappa shape index (κ2) is 7.60. The largest absolute Gasteiger partial charge is 0.0885 e. The molecule has 1 aliphatic carbocycles. The van der Waals surface area contributed by atoms with Crippen molar-refractivity contribution >= 4 is 0 Å².